The van der Waals surface area contributed by atoms with Crippen LogP contribution in [0.4, 0.5) is 5.69 Å². The van der Waals surface area contributed by atoms with E-state index in [1.54, 1.807) is 0 Å². The molecular weight excluding hydrogens is 582 g/mol. The van der Waals surface area contributed by atoms with Gasteiger partial charge in [0.25, 0.3) is 11.2 Å². The van der Waals surface area contributed by atoms with Crippen molar-refractivity contribution in [3.05, 3.63) is 61.3 Å². The maximum Gasteiger partial charge on any atom is 0.303 e. The lowest BCUT2D eigenvalue weighted by Crippen LogP contribution is -2.61. The van der Waals surface area contributed by atoms with Crippen molar-refractivity contribution < 1.29 is 47.8 Å². The highest BCUT2D eigenvalue weighted by Crippen LogP contribution is 2.34. The molecule has 0 N–H and O–H groups in total. The number of non-ortho nitro benzene ring substituents is 1. The first kappa shape index (κ1) is 31.7. The summed E-state index contributed by atoms with van der Waals surface area (Å²) in [5.41, 5.74) is -0.545. The van der Waals surface area contributed by atoms with Crippen molar-refractivity contribution in [1.29, 1.82) is 0 Å². The van der Waals surface area contributed by atoms with E-state index in [0.29, 0.717) is 5.56 Å². The molecule has 1 aromatic heterocycles. The number of nitro groups is 1. The summed E-state index contributed by atoms with van der Waals surface area (Å²) in [6, 6.07) is 5.26. The molecule has 1 aliphatic heterocycles. The second-order valence-corrected chi connectivity index (χ2v) is 9.07. The molecule has 0 amide bonds. The van der Waals surface area contributed by atoms with E-state index in [1.807, 2.05) is 0 Å². The number of hydrogen-bond acceptors (Lipinski definition) is 15. The summed E-state index contributed by atoms with van der Waals surface area (Å²) in [5, 5.41) is 18.9. The van der Waals surface area contributed by atoms with Crippen LogP contribution in [0.25, 0.3) is 0 Å². The molecule has 18 heteroatoms. The lowest BCUT2D eigenvalue weighted by atomic mass is 9.97. The lowest BCUT2D eigenvalue weighted by molar-refractivity contribution is -0.384. The third kappa shape index (κ3) is 7.88. The Morgan fingerprint density at radius 2 is 1.57 bits per heavy atom. The zero-order chi connectivity index (χ0) is 31.1. The molecule has 1 saturated heterocycles. The number of hydrogen-bond donors (Lipinski definition) is 0. The van der Waals surface area contributed by atoms with Gasteiger partial charge in [0, 0.05) is 39.8 Å². The zero-order valence-electron chi connectivity index (χ0n) is 22.6. The molecule has 0 bridgehead atoms. The van der Waals surface area contributed by atoms with E-state index in [-0.39, 0.29) is 10.5 Å². The third-order valence-corrected chi connectivity index (χ3v) is 5.87. The second-order valence-electron chi connectivity index (χ2n) is 8.70. The number of nitrogens with zero attached hydrogens (tertiary/aromatic N) is 5. The Kier molecular flexibility index (Phi) is 10.3. The molecule has 2 heterocycles. The van der Waals surface area contributed by atoms with E-state index in [9.17, 15) is 34.1 Å². The predicted octanol–water partition coefficient (Wildman–Crippen LogP) is 0.820. The van der Waals surface area contributed by atoms with Gasteiger partial charge in [-0.3, -0.25) is 34.1 Å². The molecular formula is C24H25N5O12S. The molecule has 0 radical (unpaired) electrons. The van der Waals surface area contributed by atoms with Crippen LogP contribution in [0, 0.1) is 14.9 Å². The zero-order valence-corrected chi connectivity index (χ0v) is 23.4. The van der Waals surface area contributed by atoms with Crippen LogP contribution in [0.3, 0.4) is 0 Å². The van der Waals surface area contributed by atoms with Crippen molar-refractivity contribution >= 4 is 48.0 Å². The first-order chi connectivity index (χ1) is 19.8. The van der Waals surface area contributed by atoms with Gasteiger partial charge in [-0.05, 0) is 29.9 Å². The van der Waals surface area contributed by atoms with Crippen LogP contribution in [-0.2, 0) is 42.9 Å². The summed E-state index contributed by atoms with van der Waals surface area (Å²) >= 11 is 5.43. The van der Waals surface area contributed by atoms with Crippen LogP contribution >= 0.6 is 12.2 Å². The highest BCUT2D eigenvalue weighted by molar-refractivity contribution is 7.71. The summed E-state index contributed by atoms with van der Waals surface area (Å²) in [5.74, 6) is -3.19. The molecule has 1 aliphatic rings. The molecule has 1 aromatic carbocycles. The molecule has 0 saturated carbocycles. The van der Waals surface area contributed by atoms with Crippen molar-refractivity contribution in [3.8, 4) is 0 Å². The van der Waals surface area contributed by atoms with Crippen LogP contribution in [-0.4, -0.2) is 80.5 Å². The molecule has 0 spiro atoms. The van der Waals surface area contributed by atoms with Gasteiger partial charge < -0.3 is 23.7 Å². The van der Waals surface area contributed by atoms with Crippen molar-refractivity contribution in [2.75, 3.05) is 6.61 Å². The summed E-state index contributed by atoms with van der Waals surface area (Å²) in [6.45, 7) is 3.85. The van der Waals surface area contributed by atoms with Gasteiger partial charge in [-0.15, -0.1) is 0 Å². The van der Waals surface area contributed by atoms with Crippen LogP contribution in [0.15, 0.2) is 40.4 Å². The first-order valence-electron chi connectivity index (χ1n) is 12.1. The Labute approximate surface area is 241 Å². The second kappa shape index (κ2) is 13.7. The summed E-state index contributed by atoms with van der Waals surface area (Å²) < 4.78 is 28.5. The molecule has 2 aromatic rings. The molecule has 1 fully saturated rings. The smallest absolute Gasteiger partial charge is 0.303 e. The Hall–Kier alpha value is -4.84. The number of aromatic nitrogens is 3. The SMILES string of the molecule is CC(=O)OC[C@H]1O[C@@H](n2ncc(=O)n(/N=C/c3ccc([N+](=O)[O-])cc3)c2=S)[C@H](OC(C)=O)[C@@H](OC(C)=O)[C@@H]1OC(C)=O. The van der Waals surface area contributed by atoms with Gasteiger partial charge in [0.15, 0.2) is 24.5 Å². The average molecular weight is 608 g/mol. The first-order valence-corrected chi connectivity index (χ1v) is 12.5. The minimum atomic E-state index is -1.53. The Morgan fingerprint density at radius 1 is 1.00 bits per heavy atom. The normalized spacial score (nSPS) is 21.8. The van der Waals surface area contributed by atoms with Gasteiger partial charge in [0.2, 0.25) is 4.77 Å². The molecule has 224 valence electrons. The molecule has 3 rings (SSSR count). The van der Waals surface area contributed by atoms with E-state index in [0.717, 1.165) is 43.2 Å². The third-order valence-electron chi connectivity index (χ3n) is 5.51. The van der Waals surface area contributed by atoms with Gasteiger partial charge in [-0.25, -0.2) is 4.68 Å². The van der Waals surface area contributed by atoms with E-state index in [4.69, 9.17) is 35.9 Å². The van der Waals surface area contributed by atoms with E-state index >= 15 is 0 Å². The van der Waals surface area contributed by atoms with E-state index < -0.39 is 71.6 Å². The van der Waals surface area contributed by atoms with Crippen molar-refractivity contribution in [2.24, 2.45) is 5.10 Å². The van der Waals surface area contributed by atoms with Crippen molar-refractivity contribution in [3.63, 3.8) is 0 Å². The fraction of sp³-hybridized carbons (Fsp3) is 0.417. The molecule has 17 nitrogen and oxygen atoms in total. The van der Waals surface area contributed by atoms with E-state index in [1.165, 1.54) is 30.5 Å². The maximum atomic E-state index is 12.6. The topological polar surface area (TPSA) is 210 Å². The lowest BCUT2D eigenvalue weighted by Gasteiger charge is -2.44. The van der Waals surface area contributed by atoms with Gasteiger partial charge in [0.1, 0.15) is 18.9 Å². The number of ether oxygens (including phenoxy) is 5. The van der Waals surface area contributed by atoms with Gasteiger partial charge >= 0.3 is 23.9 Å². The molecule has 5 atom stereocenters. The molecule has 0 aliphatic carbocycles. The van der Waals surface area contributed by atoms with Crippen LogP contribution in [0.5, 0.6) is 0 Å². The number of carbonyl (C=O) groups excluding carboxylic acids is 4. The Morgan fingerprint density at radius 3 is 2.12 bits per heavy atom. The Bertz CT molecular complexity index is 1520. The monoisotopic (exact) mass is 607 g/mol. The number of nitro benzene ring substituents is 1. The van der Waals surface area contributed by atoms with Crippen molar-refractivity contribution in [1.82, 2.24) is 14.5 Å². The highest BCUT2D eigenvalue weighted by Gasteiger charge is 2.53. The number of esters is 4. The maximum absolute atomic E-state index is 12.6. The average Bonchev–Trinajstić information content (AvgIpc) is 2.89. The minimum absolute atomic E-state index is 0.154. The van der Waals surface area contributed by atoms with Crippen LogP contribution in [0.1, 0.15) is 39.5 Å². The summed E-state index contributed by atoms with van der Waals surface area (Å²) in [4.78, 5) is 70.6. The van der Waals surface area contributed by atoms with Gasteiger partial charge in [0.05, 0.1) is 11.1 Å². The number of benzene rings is 1. The number of carbonyl (C=O) groups is 4. The highest BCUT2D eigenvalue weighted by atomic mass is 32.1. The number of rotatable bonds is 9. The van der Waals surface area contributed by atoms with Crippen molar-refractivity contribution in [2.45, 2.75) is 58.3 Å². The van der Waals surface area contributed by atoms with Crippen LogP contribution in [0.2, 0.25) is 0 Å². The largest absolute Gasteiger partial charge is 0.463 e. The van der Waals surface area contributed by atoms with E-state index in [2.05, 4.69) is 10.2 Å². The summed E-state index contributed by atoms with van der Waals surface area (Å²) in [6.07, 6.45) is -5.21. The standard InChI is InChI=1S/C24H25N5O12S/c1-12(30)37-11-18-20(38-13(2)31)21(39-14(3)32)22(40-15(4)33)23(41-18)28-24(42)27(19(34)10-26-28)25-9-16-5-7-17(8-6-16)29(35)36/h5-10,18,20-23H,11H2,1-4H3/b25-9+/t18-,20-,21+,22-,23-/m1/s1. The molecule has 0 unspecified atom stereocenters. The fourth-order valence-electron chi connectivity index (χ4n) is 3.90. The quantitative estimate of drug-likeness (QED) is 0.0965. The summed E-state index contributed by atoms with van der Waals surface area (Å²) in [7, 11) is 0. The fourth-order valence-corrected chi connectivity index (χ4v) is 4.18. The Balaban J connectivity index is 2.12. The van der Waals surface area contributed by atoms with Crippen LogP contribution < -0.4 is 5.56 Å². The predicted molar refractivity (Wildman–Crippen MR) is 141 cm³/mol. The van der Waals surface area contributed by atoms with Gasteiger partial charge in [-0.2, -0.15) is 14.9 Å². The minimum Gasteiger partial charge on any atom is -0.463 e. The molecule has 42 heavy (non-hydrogen) atoms. The van der Waals surface area contributed by atoms with Gasteiger partial charge in [-0.1, -0.05) is 0 Å².